The molecule has 1 saturated heterocycles. The first kappa shape index (κ1) is 19.7. The lowest BCUT2D eigenvalue weighted by Crippen LogP contribution is -2.60. The van der Waals surface area contributed by atoms with E-state index in [4.69, 9.17) is 4.74 Å². The van der Waals surface area contributed by atoms with Gasteiger partial charge in [-0.25, -0.2) is 0 Å². The fourth-order valence-electron chi connectivity index (χ4n) is 3.68. The van der Waals surface area contributed by atoms with E-state index in [1.807, 2.05) is 14.0 Å². The second-order valence-corrected chi connectivity index (χ2v) is 6.56. The van der Waals surface area contributed by atoms with Gasteiger partial charge in [0.25, 0.3) is 0 Å². The number of hydrogen-bond donors (Lipinski definition) is 2. The fraction of sp³-hybridized carbons (Fsp3) is 0.938. The second-order valence-electron chi connectivity index (χ2n) is 6.56. The molecule has 0 bridgehead atoms. The van der Waals surface area contributed by atoms with E-state index in [1.54, 1.807) is 0 Å². The Hall–Kier alpha value is -0.360. The first-order valence-electron chi connectivity index (χ1n) is 8.43. The van der Waals surface area contributed by atoms with Crippen molar-refractivity contribution < 1.29 is 9.53 Å². The average molecular weight is 334 g/mol. The standard InChI is InChI=1S/C16H31N3O2.ClH/c1-14(12-17-2)15(20)18-13-16(6-4-3-5-7-16)19-8-10-21-11-9-19;/h14,17H,3-13H2,1-2H3,(H,18,20);1H. The summed E-state index contributed by atoms with van der Waals surface area (Å²) in [4.78, 5) is 14.8. The Morgan fingerprint density at radius 3 is 2.45 bits per heavy atom. The summed E-state index contributed by atoms with van der Waals surface area (Å²) in [5.74, 6) is 0.197. The van der Waals surface area contributed by atoms with E-state index in [0.29, 0.717) is 0 Å². The van der Waals surface area contributed by atoms with Crippen molar-refractivity contribution in [3.8, 4) is 0 Å². The Bertz CT molecular complexity index is 329. The summed E-state index contributed by atoms with van der Waals surface area (Å²) in [6.45, 7) is 7.16. The van der Waals surface area contributed by atoms with Crippen LogP contribution in [0.15, 0.2) is 0 Å². The molecule has 5 nitrogen and oxygen atoms in total. The van der Waals surface area contributed by atoms with Gasteiger partial charge in [-0.3, -0.25) is 9.69 Å². The third-order valence-electron chi connectivity index (χ3n) is 5.02. The van der Waals surface area contributed by atoms with Crippen LogP contribution in [0.25, 0.3) is 0 Å². The Kier molecular flexibility index (Phi) is 8.69. The number of carbonyl (C=O) groups is 1. The Balaban J connectivity index is 0.00000242. The maximum Gasteiger partial charge on any atom is 0.224 e. The Labute approximate surface area is 140 Å². The molecule has 1 amide bonds. The zero-order chi connectivity index (χ0) is 15.1. The topological polar surface area (TPSA) is 53.6 Å². The number of hydrogen-bond acceptors (Lipinski definition) is 4. The van der Waals surface area contributed by atoms with Crippen LogP contribution in [0.5, 0.6) is 0 Å². The van der Waals surface area contributed by atoms with Gasteiger partial charge in [0.15, 0.2) is 0 Å². The fourth-order valence-corrected chi connectivity index (χ4v) is 3.68. The molecule has 1 atom stereocenters. The van der Waals surface area contributed by atoms with Crippen molar-refractivity contribution >= 4 is 18.3 Å². The van der Waals surface area contributed by atoms with Crippen LogP contribution >= 0.6 is 12.4 Å². The summed E-state index contributed by atoms with van der Waals surface area (Å²) in [5.41, 5.74) is 0.164. The normalized spacial score (nSPS) is 23.4. The maximum absolute atomic E-state index is 12.2. The van der Waals surface area contributed by atoms with E-state index in [2.05, 4.69) is 15.5 Å². The number of nitrogens with one attached hydrogen (secondary N) is 2. The number of amides is 1. The highest BCUT2D eigenvalue weighted by molar-refractivity contribution is 5.85. The molecular weight excluding hydrogens is 302 g/mol. The molecule has 0 aromatic heterocycles. The molecule has 1 unspecified atom stereocenters. The summed E-state index contributed by atoms with van der Waals surface area (Å²) < 4.78 is 5.49. The van der Waals surface area contributed by atoms with Gasteiger partial charge in [0.2, 0.25) is 5.91 Å². The second kappa shape index (κ2) is 9.71. The average Bonchev–Trinajstić information content (AvgIpc) is 2.54. The summed E-state index contributed by atoms with van der Waals surface area (Å²) in [6.07, 6.45) is 6.29. The monoisotopic (exact) mass is 333 g/mol. The maximum atomic E-state index is 12.2. The summed E-state index contributed by atoms with van der Waals surface area (Å²) in [6, 6.07) is 0. The predicted molar refractivity (Wildman–Crippen MR) is 91.6 cm³/mol. The third-order valence-corrected chi connectivity index (χ3v) is 5.02. The molecule has 1 heterocycles. The molecule has 1 aliphatic carbocycles. The highest BCUT2D eigenvalue weighted by Gasteiger charge is 2.38. The largest absolute Gasteiger partial charge is 0.379 e. The number of rotatable bonds is 6. The number of morpholine rings is 1. The first-order chi connectivity index (χ1) is 10.2. The molecule has 2 N–H and O–H groups in total. The van der Waals surface area contributed by atoms with Gasteiger partial charge in [-0.1, -0.05) is 26.2 Å². The molecule has 0 radical (unpaired) electrons. The quantitative estimate of drug-likeness (QED) is 0.772. The molecule has 130 valence electrons. The lowest BCUT2D eigenvalue weighted by Gasteiger charge is -2.48. The molecule has 22 heavy (non-hydrogen) atoms. The van der Waals surface area contributed by atoms with Gasteiger partial charge >= 0.3 is 0 Å². The lowest BCUT2D eigenvalue weighted by atomic mass is 9.79. The third kappa shape index (κ3) is 5.08. The summed E-state index contributed by atoms with van der Waals surface area (Å²) >= 11 is 0. The van der Waals surface area contributed by atoms with Crippen LogP contribution in [0, 0.1) is 5.92 Å². The number of ether oxygens (including phenoxy) is 1. The van der Waals surface area contributed by atoms with E-state index in [-0.39, 0.29) is 29.8 Å². The number of nitrogens with zero attached hydrogens (tertiary/aromatic N) is 1. The van der Waals surface area contributed by atoms with E-state index in [9.17, 15) is 4.79 Å². The van der Waals surface area contributed by atoms with Crippen LogP contribution in [0.3, 0.4) is 0 Å². The van der Waals surface area contributed by atoms with E-state index in [1.165, 1.54) is 32.1 Å². The van der Waals surface area contributed by atoms with Crippen LogP contribution in [0.4, 0.5) is 0 Å². The zero-order valence-corrected chi connectivity index (χ0v) is 14.8. The highest BCUT2D eigenvalue weighted by atomic mass is 35.5. The summed E-state index contributed by atoms with van der Waals surface area (Å²) in [5, 5.41) is 6.29. The Morgan fingerprint density at radius 2 is 1.86 bits per heavy atom. The number of carbonyl (C=O) groups excluding carboxylic acids is 1. The van der Waals surface area contributed by atoms with Crippen molar-refractivity contribution in [2.24, 2.45) is 5.92 Å². The molecular formula is C16H32ClN3O2. The molecule has 6 heteroatoms. The molecule has 2 aliphatic rings. The zero-order valence-electron chi connectivity index (χ0n) is 14.0. The van der Waals surface area contributed by atoms with Crippen molar-refractivity contribution in [1.82, 2.24) is 15.5 Å². The molecule has 2 rings (SSSR count). The van der Waals surface area contributed by atoms with Gasteiger partial charge in [-0.2, -0.15) is 0 Å². The van der Waals surface area contributed by atoms with Crippen LogP contribution in [0.2, 0.25) is 0 Å². The molecule has 2 fully saturated rings. The van der Waals surface area contributed by atoms with Crippen LogP contribution in [-0.2, 0) is 9.53 Å². The lowest BCUT2D eigenvalue weighted by molar-refractivity contribution is -0.125. The van der Waals surface area contributed by atoms with E-state index in [0.717, 1.165) is 39.4 Å². The predicted octanol–water partition coefficient (Wildman–Crippen LogP) is 1.41. The molecule has 1 saturated carbocycles. The molecule has 0 aromatic carbocycles. The molecule has 0 aromatic rings. The van der Waals surface area contributed by atoms with E-state index < -0.39 is 0 Å². The van der Waals surface area contributed by atoms with Crippen molar-refractivity contribution in [3.05, 3.63) is 0 Å². The molecule has 0 spiro atoms. The van der Waals surface area contributed by atoms with Gasteiger partial charge in [0, 0.05) is 37.6 Å². The SMILES string of the molecule is CNCC(C)C(=O)NCC1(N2CCOCC2)CCCCC1.Cl. The first-order valence-corrected chi connectivity index (χ1v) is 8.43. The van der Waals surface area contributed by atoms with E-state index >= 15 is 0 Å². The highest BCUT2D eigenvalue weighted by Crippen LogP contribution is 2.33. The number of halogens is 1. The van der Waals surface area contributed by atoms with Crippen molar-refractivity contribution in [1.29, 1.82) is 0 Å². The minimum atomic E-state index is 0. The minimum Gasteiger partial charge on any atom is -0.379 e. The van der Waals surface area contributed by atoms with Gasteiger partial charge in [0.1, 0.15) is 0 Å². The Morgan fingerprint density at radius 1 is 1.23 bits per heavy atom. The van der Waals surface area contributed by atoms with Gasteiger partial charge < -0.3 is 15.4 Å². The van der Waals surface area contributed by atoms with Crippen LogP contribution in [-0.4, -0.2) is 62.8 Å². The van der Waals surface area contributed by atoms with Crippen LogP contribution in [0.1, 0.15) is 39.0 Å². The van der Waals surface area contributed by atoms with Crippen molar-refractivity contribution in [3.63, 3.8) is 0 Å². The van der Waals surface area contributed by atoms with Gasteiger partial charge in [0.05, 0.1) is 13.2 Å². The van der Waals surface area contributed by atoms with Gasteiger partial charge in [-0.15, -0.1) is 12.4 Å². The minimum absolute atomic E-state index is 0. The van der Waals surface area contributed by atoms with Gasteiger partial charge in [-0.05, 0) is 19.9 Å². The smallest absolute Gasteiger partial charge is 0.224 e. The molecule has 1 aliphatic heterocycles. The van der Waals surface area contributed by atoms with Crippen molar-refractivity contribution in [2.75, 3.05) is 46.4 Å². The van der Waals surface area contributed by atoms with Crippen molar-refractivity contribution in [2.45, 2.75) is 44.6 Å². The van der Waals surface area contributed by atoms with Crippen LogP contribution < -0.4 is 10.6 Å². The summed E-state index contributed by atoms with van der Waals surface area (Å²) in [7, 11) is 1.89.